The van der Waals surface area contributed by atoms with E-state index in [0.29, 0.717) is 0 Å². The van der Waals surface area contributed by atoms with Gasteiger partial charge in [0.2, 0.25) is 0 Å². The Bertz CT molecular complexity index is 3890. The van der Waals surface area contributed by atoms with Crippen molar-refractivity contribution >= 4 is 92.3 Å². The third-order valence-corrected chi connectivity index (χ3v) is 14.0. The predicted octanol–water partition coefficient (Wildman–Crippen LogP) is 17.5. The molecule has 3 aromatic heterocycles. The summed E-state index contributed by atoms with van der Waals surface area (Å²) in [6.45, 7) is 0. The van der Waals surface area contributed by atoms with E-state index in [1.807, 2.05) is 23.5 Å². The summed E-state index contributed by atoms with van der Waals surface area (Å²) in [5.41, 5.74) is 15.7. The number of anilines is 3. The van der Waals surface area contributed by atoms with Crippen molar-refractivity contribution in [2.75, 3.05) is 4.90 Å². The minimum Gasteiger partial charge on any atom is -0.456 e. The number of furan rings is 1. The summed E-state index contributed by atoms with van der Waals surface area (Å²) < 4.78 is 11.2. The normalized spacial score (nSPS) is 11.8. The molecule has 0 aliphatic rings. The minimum atomic E-state index is 0.898. The number of hydrogen-bond donors (Lipinski definition) is 0. The molecule has 10 aromatic carbocycles. The molecule has 3 nitrogen and oxygen atoms in total. The molecule has 3 heterocycles. The largest absolute Gasteiger partial charge is 0.456 e. The predicted molar refractivity (Wildman–Crippen MR) is 272 cm³/mol. The van der Waals surface area contributed by atoms with Crippen LogP contribution in [0.15, 0.2) is 235 Å². The van der Waals surface area contributed by atoms with E-state index in [9.17, 15) is 0 Å². The lowest BCUT2D eigenvalue weighted by Gasteiger charge is -2.26. The Morgan fingerprint density at radius 3 is 1.78 bits per heavy atom. The maximum Gasteiger partial charge on any atom is 0.135 e. The molecule has 0 aliphatic heterocycles. The van der Waals surface area contributed by atoms with Crippen LogP contribution in [0.1, 0.15) is 0 Å². The molecule has 0 bridgehead atoms. The first-order chi connectivity index (χ1) is 31.7. The fourth-order valence-corrected chi connectivity index (χ4v) is 11.0. The van der Waals surface area contributed by atoms with Crippen LogP contribution >= 0.6 is 11.3 Å². The molecule has 0 saturated carbocycles. The van der Waals surface area contributed by atoms with Crippen molar-refractivity contribution in [3.8, 4) is 39.1 Å². The lowest BCUT2D eigenvalue weighted by atomic mass is 10.00. The van der Waals surface area contributed by atoms with Gasteiger partial charge in [-0.2, -0.15) is 0 Å². The Hall–Kier alpha value is -8.18. The number of thiophene rings is 1. The van der Waals surface area contributed by atoms with Gasteiger partial charge in [0.25, 0.3) is 0 Å². The van der Waals surface area contributed by atoms with Gasteiger partial charge in [-0.1, -0.05) is 140 Å². The molecule has 13 rings (SSSR count). The third-order valence-electron chi connectivity index (χ3n) is 12.8. The summed E-state index contributed by atoms with van der Waals surface area (Å²) in [5, 5.41) is 7.37. The second-order valence-electron chi connectivity index (χ2n) is 16.5. The smallest absolute Gasteiger partial charge is 0.135 e. The van der Waals surface area contributed by atoms with E-state index in [2.05, 4.69) is 228 Å². The quantitative estimate of drug-likeness (QED) is 0.159. The number of para-hydroxylation sites is 3. The lowest BCUT2D eigenvalue weighted by Crippen LogP contribution is -2.10. The molecule has 0 atom stereocenters. The van der Waals surface area contributed by atoms with Gasteiger partial charge in [-0.25, -0.2) is 0 Å². The highest BCUT2D eigenvalue weighted by Crippen LogP contribution is 2.43. The maximum atomic E-state index is 6.19. The van der Waals surface area contributed by atoms with Crippen molar-refractivity contribution in [1.29, 1.82) is 0 Å². The van der Waals surface area contributed by atoms with Crippen LogP contribution in [0.25, 0.3) is 103 Å². The van der Waals surface area contributed by atoms with E-state index in [1.165, 1.54) is 64.2 Å². The van der Waals surface area contributed by atoms with Crippen molar-refractivity contribution in [1.82, 2.24) is 4.57 Å². The summed E-state index contributed by atoms with van der Waals surface area (Å²) in [7, 11) is 0. The summed E-state index contributed by atoms with van der Waals surface area (Å²) >= 11 is 1.87. The number of fused-ring (bicyclic) bond motifs is 9. The van der Waals surface area contributed by atoms with Crippen LogP contribution in [-0.4, -0.2) is 4.57 Å². The molecule has 0 spiro atoms. The van der Waals surface area contributed by atoms with Gasteiger partial charge in [0.15, 0.2) is 0 Å². The number of hydrogen-bond acceptors (Lipinski definition) is 3. The molecule has 0 radical (unpaired) electrons. The Kier molecular flexibility index (Phi) is 8.40. The zero-order valence-electron chi connectivity index (χ0n) is 34.7. The average Bonchev–Trinajstić information content (AvgIpc) is 4.04. The highest BCUT2D eigenvalue weighted by molar-refractivity contribution is 7.26. The van der Waals surface area contributed by atoms with Gasteiger partial charge in [-0.3, -0.25) is 0 Å². The van der Waals surface area contributed by atoms with Crippen LogP contribution in [0, 0.1) is 0 Å². The number of rotatable bonds is 7. The van der Waals surface area contributed by atoms with Gasteiger partial charge in [0.05, 0.1) is 11.0 Å². The second kappa shape index (κ2) is 14.7. The van der Waals surface area contributed by atoms with Crippen LogP contribution < -0.4 is 4.90 Å². The highest BCUT2D eigenvalue weighted by atomic mass is 32.1. The Morgan fingerprint density at radius 2 is 0.938 bits per heavy atom. The summed E-state index contributed by atoms with van der Waals surface area (Å²) in [6.07, 6.45) is 0. The minimum absolute atomic E-state index is 0.898. The van der Waals surface area contributed by atoms with Gasteiger partial charge >= 0.3 is 0 Å². The molecule has 13 aromatic rings. The van der Waals surface area contributed by atoms with E-state index >= 15 is 0 Å². The Labute approximate surface area is 373 Å². The monoisotopic (exact) mass is 834 g/mol. The number of benzene rings is 10. The molecule has 0 N–H and O–H groups in total. The van der Waals surface area contributed by atoms with Gasteiger partial charge in [-0.15, -0.1) is 11.3 Å². The van der Waals surface area contributed by atoms with Crippen molar-refractivity contribution in [3.05, 3.63) is 231 Å². The van der Waals surface area contributed by atoms with Gasteiger partial charge in [-0.05, 0) is 124 Å². The summed E-state index contributed by atoms with van der Waals surface area (Å²) in [4.78, 5) is 2.37. The maximum absolute atomic E-state index is 6.19. The van der Waals surface area contributed by atoms with Gasteiger partial charge < -0.3 is 13.9 Å². The van der Waals surface area contributed by atoms with E-state index in [1.54, 1.807) is 0 Å². The molecule has 0 unspecified atom stereocenters. The molecular weight excluding hydrogens is 797 g/mol. The van der Waals surface area contributed by atoms with Crippen LogP contribution in [0.2, 0.25) is 0 Å². The standard InChI is InChI=1S/C60H38N2OS/c1-2-13-44(14-3-1)62-55-21-7-4-16-49(55)53-37-42(28-34-56(53)62)39-24-30-45(31-25-39)61(46-32-26-40(27-33-46)48-19-11-20-52-51-18-6-9-23-59(51)64-60(48)52)47-15-10-12-41(36-47)43-29-35-58-54(38-43)50-17-5-8-22-57(50)63-58/h1-38H. The lowest BCUT2D eigenvalue weighted by molar-refractivity contribution is 0.669. The van der Waals surface area contributed by atoms with Crippen molar-refractivity contribution < 1.29 is 4.42 Å². The van der Waals surface area contributed by atoms with Crippen molar-refractivity contribution in [2.24, 2.45) is 0 Å². The first-order valence-electron chi connectivity index (χ1n) is 21.7. The van der Waals surface area contributed by atoms with Crippen LogP contribution in [0.5, 0.6) is 0 Å². The van der Waals surface area contributed by atoms with Gasteiger partial charge in [0, 0.05) is 64.5 Å². The molecule has 64 heavy (non-hydrogen) atoms. The SMILES string of the molecule is c1ccc(-n2c3ccccc3c3cc(-c4ccc(N(c5ccc(-c6cccc7c6sc6ccccc67)cc5)c5cccc(-c6ccc7oc8ccccc8c7c6)c5)cc4)ccc32)cc1. The molecule has 4 heteroatoms. The zero-order valence-corrected chi connectivity index (χ0v) is 35.5. The van der Waals surface area contributed by atoms with E-state index in [4.69, 9.17) is 4.42 Å². The second-order valence-corrected chi connectivity index (χ2v) is 17.5. The topological polar surface area (TPSA) is 21.3 Å². The molecule has 0 aliphatic carbocycles. The average molecular weight is 835 g/mol. The fourth-order valence-electron chi connectivity index (χ4n) is 9.75. The molecule has 300 valence electrons. The molecular formula is C60H38N2OS. The highest BCUT2D eigenvalue weighted by Gasteiger charge is 2.18. The van der Waals surface area contributed by atoms with Crippen LogP contribution in [0.3, 0.4) is 0 Å². The molecule has 0 amide bonds. The van der Waals surface area contributed by atoms with Crippen molar-refractivity contribution in [3.63, 3.8) is 0 Å². The van der Waals surface area contributed by atoms with Crippen LogP contribution in [0.4, 0.5) is 17.1 Å². The fraction of sp³-hybridized carbons (Fsp3) is 0. The molecule has 0 fully saturated rings. The summed E-state index contributed by atoms with van der Waals surface area (Å²) in [5.74, 6) is 0. The summed E-state index contributed by atoms with van der Waals surface area (Å²) in [6, 6.07) is 83.5. The van der Waals surface area contributed by atoms with E-state index in [-0.39, 0.29) is 0 Å². The van der Waals surface area contributed by atoms with Gasteiger partial charge in [0.1, 0.15) is 11.2 Å². The first-order valence-corrected chi connectivity index (χ1v) is 22.6. The zero-order chi connectivity index (χ0) is 42.1. The van der Waals surface area contributed by atoms with E-state index in [0.717, 1.165) is 55.8 Å². The Balaban J connectivity index is 0.914. The third kappa shape index (κ3) is 5.95. The van der Waals surface area contributed by atoms with Crippen LogP contribution in [-0.2, 0) is 0 Å². The Morgan fingerprint density at radius 1 is 0.344 bits per heavy atom. The number of nitrogens with zero attached hydrogens (tertiary/aromatic N) is 2. The first kappa shape index (κ1) is 36.5. The molecule has 0 saturated heterocycles. The van der Waals surface area contributed by atoms with E-state index < -0.39 is 0 Å². The van der Waals surface area contributed by atoms with Crippen molar-refractivity contribution in [2.45, 2.75) is 0 Å². The number of aromatic nitrogens is 1.